The average molecular weight is 262 g/mol. The third-order valence-corrected chi connectivity index (χ3v) is 2.29. The van der Waals surface area contributed by atoms with Gasteiger partial charge in [-0.05, 0) is 18.2 Å². The molecule has 0 bridgehead atoms. The van der Waals surface area contributed by atoms with Gasteiger partial charge in [-0.15, -0.1) is 0 Å². The summed E-state index contributed by atoms with van der Waals surface area (Å²) >= 11 is 0. The van der Waals surface area contributed by atoms with Crippen LogP contribution in [0.4, 0.5) is 5.69 Å². The zero-order valence-electron chi connectivity index (χ0n) is 9.57. The number of nitrogens with zero attached hydrogens (tertiary/aromatic N) is 1. The van der Waals surface area contributed by atoms with E-state index in [-0.39, 0.29) is 29.6 Å². The van der Waals surface area contributed by atoms with Gasteiger partial charge in [0.15, 0.2) is 5.75 Å². The van der Waals surface area contributed by atoms with Crippen molar-refractivity contribution in [3.63, 3.8) is 0 Å². The Morgan fingerprint density at radius 3 is 2.63 bits per heavy atom. The molecule has 0 aliphatic rings. The molecule has 0 spiro atoms. The molecule has 0 atom stereocenters. The van der Waals surface area contributed by atoms with E-state index in [1.807, 2.05) is 0 Å². The van der Waals surface area contributed by atoms with E-state index in [0.29, 0.717) is 0 Å². The van der Waals surface area contributed by atoms with Crippen molar-refractivity contribution >= 4 is 11.7 Å². The number of aromatic carboxylic acids is 1. The van der Waals surface area contributed by atoms with Gasteiger partial charge in [0.05, 0.1) is 4.92 Å². The molecule has 7 nitrogen and oxygen atoms in total. The summed E-state index contributed by atoms with van der Waals surface area (Å²) in [5, 5.41) is 21.2. The van der Waals surface area contributed by atoms with Crippen molar-refractivity contribution in [1.82, 2.24) is 0 Å². The van der Waals surface area contributed by atoms with Crippen LogP contribution in [0.25, 0.3) is 0 Å². The molecule has 0 saturated carbocycles. The number of hydrogen-bond acceptors (Lipinski definition) is 6. The van der Waals surface area contributed by atoms with Gasteiger partial charge in [-0.1, -0.05) is 12.1 Å². The van der Waals surface area contributed by atoms with Crippen molar-refractivity contribution in [2.24, 2.45) is 0 Å². The standard InChI is InChI=1S/C12H9NO6/c14-12(15)11-6-5-8(19-11)7-18-10-4-2-1-3-9(10)13(16)17/h1-6H,7H2,(H,14,15)/p-1. The van der Waals surface area contributed by atoms with Crippen molar-refractivity contribution in [2.45, 2.75) is 6.61 Å². The first kappa shape index (κ1) is 12.6. The maximum absolute atomic E-state index is 10.7. The van der Waals surface area contributed by atoms with Crippen molar-refractivity contribution in [3.05, 3.63) is 58.0 Å². The molecular formula is C12H8NO6-. The molecule has 98 valence electrons. The number of nitro groups is 1. The fourth-order valence-corrected chi connectivity index (χ4v) is 1.44. The normalized spacial score (nSPS) is 10.1. The summed E-state index contributed by atoms with van der Waals surface area (Å²) in [4.78, 5) is 20.7. The summed E-state index contributed by atoms with van der Waals surface area (Å²) in [6, 6.07) is 8.50. The third kappa shape index (κ3) is 2.89. The molecule has 0 aliphatic heterocycles. The van der Waals surface area contributed by atoms with Crippen molar-refractivity contribution < 1.29 is 24.0 Å². The van der Waals surface area contributed by atoms with Crippen molar-refractivity contribution in [1.29, 1.82) is 0 Å². The molecule has 2 aromatic rings. The monoisotopic (exact) mass is 262 g/mol. The van der Waals surface area contributed by atoms with Crippen molar-refractivity contribution in [3.8, 4) is 5.75 Å². The summed E-state index contributed by atoms with van der Waals surface area (Å²) in [5.74, 6) is -1.44. The molecule has 0 N–H and O–H groups in total. The van der Waals surface area contributed by atoms with Crippen LogP contribution in [0.3, 0.4) is 0 Å². The summed E-state index contributed by atoms with van der Waals surface area (Å²) in [6.07, 6.45) is 0. The fourth-order valence-electron chi connectivity index (χ4n) is 1.44. The second kappa shape index (κ2) is 5.21. The Balaban J connectivity index is 2.10. The third-order valence-electron chi connectivity index (χ3n) is 2.29. The Kier molecular flexibility index (Phi) is 3.46. The van der Waals surface area contributed by atoms with E-state index in [4.69, 9.17) is 9.15 Å². The number of carbonyl (C=O) groups is 1. The van der Waals surface area contributed by atoms with E-state index in [0.717, 1.165) is 0 Å². The molecule has 1 aromatic carbocycles. The molecule has 0 radical (unpaired) electrons. The number of carbonyl (C=O) groups excluding carboxylic acids is 1. The van der Waals surface area contributed by atoms with E-state index in [2.05, 4.69) is 0 Å². The van der Waals surface area contributed by atoms with Crippen LogP contribution in [-0.2, 0) is 6.61 Å². The second-order valence-corrected chi connectivity index (χ2v) is 3.57. The first-order valence-corrected chi connectivity index (χ1v) is 5.24. The van der Waals surface area contributed by atoms with Gasteiger partial charge in [0.25, 0.3) is 0 Å². The van der Waals surface area contributed by atoms with Crippen LogP contribution in [-0.4, -0.2) is 10.9 Å². The quantitative estimate of drug-likeness (QED) is 0.590. The van der Waals surface area contributed by atoms with Crippen molar-refractivity contribution in [2.75, 3.05) is 0 Å². The Labute approximate surface area is 107 Å². The summed E-state index contributed by atoms with van der Waals surface area (Å²) in [5.41, 5.74) is -0.172. The van der Waals surface area contributed by atoms with Crippen LogP contribution in [0.2, 0.25) is 0 Å². The first-order valence-electron chi connectivity index (χ1n) is 5.24. The Bertz CT molecular complexity index is 618. The van der Waals surface area contributed by atoms with Gasteiger partial charge in [-0.2, -0.15) is 0 Å². The predicted molar refractivity (Wildman–Crippen MR) is 60.5 cm³/mol. The lowest BCUT2D eigenvalue weighted by molar-refractivity contribution is -0.386. The maximum atomic E-state index is 10.7. The van der Waals surface area contributed by atoms with E-state index in [9.17, 15) is 20.0 Å². The van der Waals surface area contributed by atoms with Crippen LogP contribution in [0.5, 0.6) is 5.75 Å². The van der Waals surface area contributed by atoms with Gasteiger partial charge in [0, 0.05) is 6.07 Å². The smallest absolute Gasteiger partial charge is 0.310 e. The van der Waals surface area contributed by atoms with E-state index >= 15 is 0 Å². The lowest BCUT2D eigenvalue weighted by Gasteiger charge is -2.04. The molecule has 0 unspecified atom stereocenters. The molecule has 0 saturated heterocycles. The van der Waals surface area contributed by atoms with Crippen LogP contribution in [0.15, 0.2) is 40.8 Å². The van der Waals surface area contributed by atoms with Crippen LogP contribution in [0, 0.1) is 10.1 Å². The second-order valence-electron chi connectivity index (χ2n) is 3.57. The van der Waals surface area contributed by atoms with E-state index in [1.54, 1.807) is 6.07 Å². The van der Waals surface area contributed by atoms with E-state index in [1.165, 1.54) is 30.3 Å². The lowest BCUT2D eigenvalue weighted by Crippen LogP contribution is -2.21. The predicted octanol–water partition coefficient (Wildman–Crippen LogP) is 1.13. The average Bonchev–Trinajstić information content (AvgIpc) is 2.85. The Hall–Kier alpha value is -2.83. The van der Waals surface area contributed by atoms with Gasteiger partial charge in [-0.3, -0.25) is 10.1 Å². The number of benzene rings is 1. The highest BCUT2D eigenvalue weighted by Crippen LogP contribution is 2.26. The van der Waals surface area contributed by atoms with Gasteiger partial charge in [-0.25, -0.2) is 0 Å². The fraction of sp³-hybridized carbons (Fsp3) is 0.0833. The minimum Gasteiger partial charge on any atom is -0.542 e. The molecule has 1 heterocycles. The van der Waals surface area contributed by atoms with Gasteiger partial charge < -0.3 is 19.1 Å². The topological polar surface area (TPSA) is 106 Å². The number of rotatable bonds is 5. The zero-order chi connectivity index (χ0) is 13.8. The van der Waals surface area contributed by atoms with Gasteiger partial charge in [0.1, 0.15) is 24.1 Å². The minimum absolute atomic E-state index is 0.0823. The first-order chi connectivity index (χ1) is 9.08. The van der Waals surface area contributed by atoms with Crippen LogP contribution in [0.1, 0.15) is 16.3 Å². The largest absolute Gasteiger partial charge is 0.542 e. The number of furan rings is 1. The highest BCUT2D eigenvalue weighted by Gasteiger charge is 2.14. The summed E-state index contributed by atoms with van der Waals surface area (Å²) < 4.78 is 10.1. The van der Waals surface area contributed by atoms with Gasteiger partial charge >= 0.3 is 5.69 Å². The summed E-state index contributed by atoms with van der Waals surface area (Å²) in [7, 11) is 0. The molecule has 19 heavy (non-hydrogen) atoms. The Morgan fingerprint density at radius 2 is 2.00 bits per heavy atom. The van der Waals surface area contributed by atoms with Crippen LogP contribution >= 0.6 is 0 Å². The molecule has 0 amide bonds. The number of para-hydroxylation sites is 2. The lowest BCUT2D eigenvalue weighted by atomic mass is 10.3. The number of carboxylic acid groups (broad SMARTS) is 1. The number of hydrogen-bond donors (Lipinski definition) is 0. The highest BCUT2D eigenvalue weighted by atomic mass is 16.6. The van der Waals surface area contributed by atoms with Crippen LogP contribution < -0.4 is 9.84 Å². The Morgan fingerprint density at radius 1 is 1.26 bits per heavy atom. The minimum atomic E-state index is -1.43. The molecule has 2 rings (SSSR count). The molecule has 7 heteroatoms. The summed E-state index contributed by atoms with van der Waals surface area (Å²) in [6.45, 7) is -0.113. The molecular weight excluding hydrogens is 254 g/mol. The van der Waals surface area contributed by atoms with E-state index < -0.39 is 10.9 Å². The molecule has 0 aliphatic carbocycles. The number of carboxylic acids is 1. The van der Waals surface area contributed by atoms with Gasteiger partial charge in [0.2, 0.25) is 0 Å². The maximum Gasteiger partial charge on any atom is 0.310 e. The SMILES string of the molecule is O=C([O-])c1ccc(COc2ccccc2[N+](=O)[O-])o1. The molecule has 1 aromatic heterocycles. The number of ether oxygens (including phenoxy) is 1. The molecule has 0 fully saturated rings. The number of nitro benzene ring substituents is 1. The zero-order valence-corrected chi connectivity index (χ0v) is 9.57. The highest BCUT2D eigenvalue weighted by molar-refractivity contribution is 5.82.